The van der Waals surface area contributed by atoms with Crippen LogP contribution in [0, 0.1) is 10.1 Å². The Morgan fingerprint density at radius 3 is 2.72 bits per heavy atom. The molecular weight excluding hydrogens is 236 g/mol. The topological polar surface area (TPSA) is 83.7 Å². The molecular formula is C12H14N2O4. The van der Waals surface area contributed by atoms with Crippen LogP contribution in [-0.4, -0.2) is 33.4 Å². The summed E-state index contributed by atoms with van der Waals surface area (Å²) >= 11 is 0. The molecule has 1 aliphatic rings. The van der Waals surface area contributed by atoms with Crippen LogP contribution in [0.2, 0.25) is 0 Å². The van der Waals surface area contributed by atoms with E-state index in [4.69, 9.17) is 0 Å². The fourth-order valence-corrected chi connectivity index (χ4v) is 1.96. The Bertz CT molecular complexity index is 497. The minimum Gasteiger partial charge on any atom is -0.508 e. The van der Waals surface area contributed by atoms with Crippen molar-refractivity contribution in [3.05, 3.63) is 33.9 Å². The second-order valence-corrected chi connectivity index (χ2v) is 4.28. The molecule has 1 amide bonds. The number of carbonyl (C=O) groups is 1. The smallest absolute Gasteiger partial charge is 0.282 e. The largest absolute Gasteiger partial charge is 0.508 e. The lowest BCUT2D eigenvalue weighted by Gasteiger charge is -2.20. The molecule has 1 aromatic rings. The first-order valence-electron chi connectivity index (χ1n) is 5.83. The molecule has 1 fully saturated rings. The number of rotatable bonds is 4. The maximum atomic E-state index is 12.2. The molecule has 96 valence electrons. The lowest BCUT2D eigenvalue weighted by atomic mass is 10.1. The fraction of sp³-hybridized carbons (Fsp3) is 0.417. The number of nitro benzene ring substituents is 1. The van der Waals surface area contributed by atoms with Gasteiger partial charge in [-0.15, -0.1) is 0 Å². The summed E-state index contributed by atoms with van der Waals surface area (Å²) in [5.74, 6) is -0.529. The molecule has 0 aliphatic heterocycles. The van der Waals surface area contributed by atoms with Gasteiger partial charge in [0.05, 0.1) is 4.92 Å². The first kappa shape index (κ1) is 12.3. The van der Waals surface area contributed by atoms with E-state index in [0.29, 0.717) is 6.54 Å². The van der Waals surface area contributed by atoms with Crippen molar-refractivity contribution in [1.82, 2.24) is 4.90 Å². The van der Waals surface area contributed by atoms with Crippen LogP contribution in [-0.2, 0) is 0 Å². The number of hydrogen-bond acceptors (Lipinski definition) is 4. The summed E-state index contributed by atoms with van der Waals surface area (Å²) in [6.45, 7) is 2.35. The van der Waals surface area contributed by atoms with Crippen molar-refractivity contribution in [3.63, 3.8) is 0 Å². The zero-order valence-corrected chi connectivity index (χ0v) is 10.00. The molecule has 0 radical (unpaired) electrons. The molecule has 6 nitrogen and oxygen atoms in total. The van der Waals surface area contributed by atoms with E-state index in [1.807, 2.05) is 6.92 Å². The number of benzene rings is 1. The fourth-order valence-electron chi connectivity index (χ4n) is 1.96. The van der Waals surface area contributed by atoms with Gasteiger partial charge in [0.15, 0.2) is 0 Å². The minimum absolute atomic E-state index is 0.0475. The van der Waals surface area contributed by atoms with Gasteiger partial charge in [-0.2, -0.15) is 0 Å². The van der Waals surface area contributed by atoms with E-state index in [-0.39, 0.29) is 28.9 Å². The van der Waals surface area contributed by atoms with Crippen LogP contribution in [0.3, 0.4) is 0 Å². The lowest BCUT2D eigenvalue weighted by Crippen LogP contribution is -2.33. The van der Waals surface area contributed by atoms with E-state index in [9.17, 15) is 20.0 Å². The van der Waals surface area contributed by atoms with Gasteiger partial charge in [0.2, 0.25) is 0 Å². The SMILES string of the molecule is CCN(C(=O)c1cc(O)ccc1[N+](=O)[O-])C1CC1. The summed E-state index contributed by atoms with van der Waals surface area (Å²) in [5.41, 5.74) is -0.314. The van der Waals surface area contributed by atoms with Crippen molar-refractivity contribution in [1.29, 1.82) is 0 Å². The van der Waals surface area contributed by atoms with E-state index in [2.05, 4.69) is 0 Å². The molecule has 0 heterocycles. The van der Waals surface area contributed by atoms with Crippen LogP contribution in [0.25, 0.3) is 0 Å². The van der Waals surface area contributed by atoms with Gasteiger partial charge in [-0.05, 0) is 31.9 Å². The number of aromatic hydroxyl groups is 1. The molecule has 1 saturated carbocycles. The van der Waals surface area contributed by atoms with Gasteiger partial charge < -0.3 is 10.0 Å². The second kappa shape index (κ2) is 4.64. The van der Waals surface area contributed by atoms with Crippen LogP contribution in [0.15, 0.2) is 18.2 Å². The van der Waals surface area contributed by atoms with E-state index in [1.54, 1.807) is 4.90 Å². The third-order valence-corrected chi connectivity index (χ3v) is 3.00. The molecule has 1 N–H and O–H groups in total. The maximum Gasteiger partial charge on any atom is 0.282 e. The molecule has 18 heavy (non-hydrogen) atoms. The molecule has 1 aromatic carbocycles. The summed E-state index contributed by atoms with van der Waals surface area (Å²) in [6, 6.07) is 3.71. The molecule has 6 heteroatoms. The quantitative estimate of drug-likeness (QED) is 0.653. The van der Waals surface area contributed by atoms with E-state index >= 15 is 0 Å². The number of phenols is 1. The first-order chi connectivity index (χ1) is 8.54. The summed E-state index contributed by atoms with van der Waals surface area (Å²) in [7, 11) is 0. The highest BCUT2D eigenvalue weighted by Gasteiger charge is 2.34. The molecule has 2 rings (SSSR count). The molecule has 0 unspecified atom stereocenters. The van der Waals surface area contributed by atoms with Crippen LogP contribution in [0.5, 0.6) is 5.75 Å². The highest BCUT2D eigenvalue weighted by Crippen LogP contribution is 2.31. The minimum atomic E-state index is -0.604. The van der Waals surface area contributed by atoms with Gasteiger partial charge >= 0.3 is 0 Å². The normalized spacial score (nSPS) is 14.3. The van der Waals surface area contributed by atoms with Gasteiger partial charge in [-0.3, -0.25) is 14.9 Å². The van der Waals surface area contributed by atoms with Crippen molar-refractivity contribution in [2.75, 3.05) is 6.54 Å². The highest BCUT2D eigenvalue weighted by atomic mass is 16.6. The van der Waals surface area contributed by atoms with E-state index < -0.39 is 4.92 Å². The summed E-state index contributed by atoms with van der Waals surface area (Å²) in [4.78, 5) is 24.1. The van der Waals surface area contributed by atoms with Crippen LogP contribution < -0.4 is 0 Å². The Morgan fingerprint density at radius 2 is 2.22 bits per heavy atom. The molecule has 0 spiro atoms. The number of phenolic OH excluding ortho intramolecular Hbond substituents is 1. The van der Waals surface area contributed by atoms with Gasteiger partial charge in [0.25, 0.3) is 11.6 Å². The third-order valence-electron chi connectivity index (χ3n) is 3.00. The van der Waals surface area contributed by atoms with E-state index in [0.717, 1.165) is 25.0 Å². The number of carbonyl (C=O) groups excluding carboxylic acids is 1. The molecule has 0 atom stereocenters. The van der Waals surface area contributed by atoms with Gasteiger partial charge in [0.1, 0.15) is 11.3 Å². The van der Waals surface area contributed by atoms with Crippen molar-refractivity contribution in [2.45, 2.75) is 25.8 Å². The zero-order valence-electron chi connectivity index (χ0n) is 10.00. The Morgan fingerprint density at radius 1 is 1.56 bits per heavy atom. The van der Waals surface area contributed by atoms with E-state index in [1.165, 1.54) is 6.07 Å². The lowest BCUT2D eigenvalue weighted by molar-refractivity contribution is -0.385. The maximum absolute atomic E-state index is 12.2. The Labute approximate surface area is 104 Å². The number of amides is 1. The monoisotopic (exact) mass is 250 g/mol. The summed E-state index contributed by atoms with van der Waals surface area (Å²) < 4.78 is 0. The van der Waals surface area contributed by atoms with Crippen LogP contribution in [0.1, 0.15) is 30.1 Å². The van der Waals surface area contributed by atoms with Crippen molar-refractivity contribution < 1.29 is 14.8 Å². The number of hydrogen-bond donors (Lipinski definition) is 1. The number of nitro groups is 1. The summed E-state index contributed by atoms with van der Waals surface area (Å²) in [5, 5.41) is 20.3. The zero-order chi connectivity index (χ0) is 13.3. The predicted molar refractivity (Wildman–Crippen MR) is 64.5 cm³/mol. The number of nitrogens with zero attached hydrogens (tertiary/aromatic N) is 2. The molecule has 0 saturated heterocycles. The van der Waals surface area contributed by atoms with Crippen LogP contribution in [0.4, 0.5) is 5.69 Å². The Kier molecular flexibility index (Phi) is 3.18. The van der Waals surface area contributed by atoms with Gasteiger partial charge in [0, 0.05) is 18.7 Å². The van der Waals surface area contributed by atoms with Crippen LogP contribution >= 0.6 is 0 Å². The van der Waals surface area contributed by atoms with Gasteiger partial charge in [-0.1, -0.05) is 0 Å². The predicted octanol–water partition coefficient (Wildman–Crippen LogP) is 1.92. The second-order valence-electron chi connectivity index (χ2n) is 4.28. The standard InChI is InChI=1S/C12H14N2O4/c1-2-13(8-3-4-8)12(16)10-7-9(15)5-6-11(10)14(17)18/h5-8,15H,2-4H2,1H3. The Hall–Kier alpha value is -2.11. The molecule has 0 aromatic heterocycles. The van der Waals surface area contributed by atoms with Crippen molar-refractivity contribution >= 4 is 11.6 Å². The Balaban J connectivity index is 2.38. The first-order valence-corrected chi connectivity index (χ1v) is 5.83. The third kappa shape index (κ3) is 2.27. The van der Waals surface area contributed by atoms with Crippen molar-refractivity contribution in [2.24, 2.45) is 0 Å². The van der Waals surface area contributed by atoms with Crippen molar-refractivity contribution in [3.8, 4) is 5.75 Å². The molecule has 0 bridgehead atoms. The average Bonchev–Trinajstić information content (AvgIpc) is 3.13. The highest BCUT2D eigenvalue weighted by molar-refractivity contribution is 5.98. The van der Waals surface area contributed by atoms with Gasteiger partial charge in [-0.25, -0.2) is 0 Å². The average molecular weight is 250 g/mol. The molecule has 1 aliphatic carbocycles. The summed E-state index contributed by atoms with van der Waals surface area (Å²) in [6.07, 6.45) is 1.87.